The van der Waals surface area contributed by atoms with Gasteiger partial charge in [-0.05, 0) is 12.1 Å². The molecular weight excluding hydrogens is 208 g/mol. The zero-order valence-electron chi connectivity index (χ0n) is 8.62. The average molecular weight is 218 g/mol. The zero-order chi connectivity index (χ0) is 11.5. The first-order chi connectivity index (χ1) is 7.74. The summed E-state index contributed by atoms with van der Waals surface area (Å²) in [5.41, 5.74) is 0.754. The number of benzene rings is 1. The molecule has 0 aliphatic carbocycles. The van der Waals surface area contributed by atoms with Crippen LogP contribution in [0.2, 0.25) is 0 Å². The van der Waals surface area contributed by atoms with E-state index in [4.69, 9.17) is 9.84 Å². The molecule has 1 N–H and O–H groups in total. The number of rotatable bonds is 3. The monoisotopic (exact) mass is 218 g/mol. The molecule has 0 bridgehead atoms. The molecule has 0 fully saturated rings. The third-order valence-electron chi connectivity index (χ3n) is 2.20. The highest BCUT2D eigenvalue weighted by Gasteiger charge is 2.13. The van der Waals surface area contributed by atoms with Crippen LogP contribution in [-0.2, 0) is 0 Å². The van der Waals surface area contributed by atoms with Crippen molar-refractivity contribution in [2.24, 2.45) is 0 Å². The number of aromatic carboxylic acids is 1. The molecule has 0 saturated carbocycles. The van der Waals surface area contributed by atoms with Gasteiger partial charge >= 0.3 is 5.97 Å². The number of aromatic nitrogens is 2. The van der Waals surface area contributed by atoms with Crippen LogP contribution >= 0.6 is 0 Å². The number of carboxylic acids is 1. The molecule has 0 aliphatic rings. The first-order valence-electron chi connectivity index (χ1n) is 4.63. The van der Waals surface area contributed by atoms with Crippen molar-refractivity contribution in [2.75, 3.05) is 7.11 Å². The van der Waals surface area contributed by atoms with Crippen LogP contribution in [0, 0.1) is 0 Å². The van der Waals surface area contributed by atoms with E-state index in [9.17, 15) is 4.79 Å². The second-order valence-electron chi connectivity index (χ2n) is 3.13. The van der Waals surface area contributed by atoms with Crippen LogP contribution in [0.25, 0.3) is 5.69 Å². The third-order valence-corrected chi connectivity index (χ3v) is 2.20. The van der Waals surface area contributed by atoms with Crippen molar-refractivity contribution >= 4 is 5.97 Å². The van der Waals surface area contributed by atoms with Crippen molar-refractivity contribution in [3.05, 3.63) is 42.5 Å². The second kappa shape index (κ2) is 4.06. The number of carbonyl (C=O) groups is 1. The number of nitrogens with zero attached hydrogens (tertiary/aromatic N) is 2. The molecular formula is C11H10N2O3. The number of carboxylic acid groups (broad SMARTS) is 1. The van der Waals surface area contributed by atoms with E-state index < -0.39 is 5.97 Å². The molecule has 1 aromatic carbocycles. The molecule has 1 heterocycles. The number of methoxy groups -OCH3 is 1. The van der Waals surface area contributed by atoms with Crippen molar-refractivity contribution in [3.63, 3.8) is 0 Å². The minimum Gasteiger partial charge on any atom is -0.495 e. The maximum atomic E-state index is 11.0. The molecule has 2 rings (SSSR count). The van der Waals surface area contributed by atoms with Gasteiger partial charge in [-0.1, -0.05) is 12.1 Å². The van der Waals surface area contributed by atoms with Gasteiger partial charge in [0, 0.05) is 0 Å². The smallest absolute Gasteiger partial charge is 0.354 e. The van der Waals surface area contributed by atoms with E-state index >= 15 is 0 Å². The van der Waals surface area contributed by atoms with Crippen LogP contribution in [0.5, 0.6) is 5.75 Å². The first kappa shape index (κ1) is 10.2. The number of hydrogen-bond acceptors (Lipinski definition) is 3. The van der Waals surface area contributed by atoms with Gasteiger partial charge in [0.25, 0.3) is 0 Å². The Bertz CT molecular complexity index is 519. The summed E-state index contributed by atoms with van der Waals surface area (Å²) in [6.07, 6.45) is 2.75. The summed E-state index contributed by atoms with van der Waals surface area (Å²) < 4.78 is 6.64. The molecule has 16 heavy (non-hydrogen) atoms. The number of hydrogen-bond donors (Lipinski definition) is 1. The summed E-state index contributed by atoms with van der Waals surface area (Å²) in [6.45, 7) is 0. The van der Waals surface area contributed by atoms with Crippen molar-refractivity contribution in [3.8, 4) is 11.4 Å². The largest absolute Gasteiger partial charge is 0.495 e. The molecule has 5 nitrogen and oxygen atoms in total. The van der Waals surface area contributed by atoms with Crippen molar-refractivity contribution in [1.29, 1.82) is 0 Å². The quantitative estimate of drug-likeness (QED) is 0.849. The van der Waals surface area contributed by atoms with Crippen molar-refractivity contribution in [1.82, 2.24) is 9.55 Å². The molecule has 0 saturated heterocycles. The predicted octanol–water partition coefficient (Wildman–Crippen LogP) is 1.58. The Morgan fingerprint density at radius 3 is 2.88 bits per heavy atom. The van der Waals surface area contributed by atoms with Crippen LogP contribution < -0.4 is 4.74 Å². The summed E-state index contributed by atoms with van der Waals surface area (Å²) in [6, 6.07) is 7.16. The molecule has 2 aromatic rings. The maximum absolute atomic E-state index is 11.0. The normalized spacial score (nSPS) is 10.1. The highest BCUT2D eigenvalue weighted by atomic mass is 16.5. The number of ether oxygens (including phenoxy) is 1. The van der Waals surface area contributed by atoms with E-state index in [0.29, 0.717) is 11.4 Å². The van der Waals surface area contributed by atoms with Crippen LogP contribution in [0.1, 0.15) is 10.5 Å². The lowest BCUT2D eigenvalue weighted by molar-refractivity contribution is 0.0688. The van der Waals surface area contributed by atoms with Gasteiger partial charge in [-0.15, -0.1) is 0 Å². The molecule has 0 unspecified atom stereocenters. The van der Waals surface area contributed by atoms with E-state index in [0.717, 1.165) is 0 Å². The minimum absolute atomic E-state index is 0.101. The van der Waals surface area contributed by atoms with Gasteiger partial charge in [0.05, 0.1) is 25.3 Å². The Kier molecular flexibility index (Phi) is 2.59. The summed E-state index contributed by atoms with van der Waals surface area (Å²) >= 11 is 0. The Morgan fingerprint density at radius 2 is 2.19 bits per heavy atom. The topological polar surface area (TPSA) is 64.4 Å². The average Bonchev–Trinajstić information content (AvgIpc) is 2.77. The van der Waals surface area contributed by atoms with Gasteiger partial charge < -0.3 is 9.84 Å². The minimum atomic E-state index is -1.02. The van der Waals surface area contributed by atoms with Crippen LogP contribution in [0.3, 0.4) is 0 Å². The fourth-order valence-corrected chi connectivity index (χ4v) is 1.47. The van der Waals surface area contributed by atoms with Gasteiger partial charge in [-0.2, -0.15) is 0 Å². The predicted molar refractivity (Wildman–Crippen MR) is 57.1 cm³/mol. The molecule has 0 radical (unpaired) electrons. The lowest BCUT2D eigenvalue weighted by Gasteiger charge is -2.09. The third kappa shape index (κ3) is 1.63. The van der Waals surface area contributed by atoms with Crippen LogP contribution in [-0.4, -0.2) is 27.7 Å². The van der Waals surface area contributed by atoms with Gasteiger partial charge in [-0.3, -0.25) is 4.57 Å². The summed E-state index contributed by atoms with van der Waals surface area (Å²) in [5.74, 6) is -0.425. The standard InChI is InChI=1S/C11H10N2O3/c1-16-10-5-3-2-4-8(10)13-7-12-6-9(13)11(14)15/h2-7H,1H3,(H,14,15). The Labute approximate surface area is 91.9 Å². The number of imidazole rings is 1. The Hall–Kier alpha value is -2.30. The number of para-hydroxylation sites is 2. The summed E-state index contributed by atoms with van der Waals surface area (Å²) in [5, 5.41) is 8.98. The van der Waals surface area contributed by atoms with E-state index in [1.807, 2.05) is 12.1 Å². The Morgan fingerprint density at radius 1 is 1.44 bits per heavy atom. The summed E-state index contributed by atoms with van der Waals surface area (Å²) in [4.78, 5) is 14.8. The lowest BCUT2D eigenvalue weighted by Crippen LogP contribution is -2.06. The highest BCUT2D eigenvalue weighted by molar-refractivity contribution is 5.86. The molecule has 5 heteroatoms. The molecule has 0 spiro atoms. The SMILES string of the molecule is COc1ccccc1-n1cncc1C(=O)O. The van der Waals surface area contributed by atoms with Gasteiger partial charge in [-0.25, -0.2) is 9.78 Å². The highest BCUT2D eigenvalue weighted by Crippen LogP contribution is 2.23. The fraction of sp³-hybridized carbons (Fsp3) is 0.0909. The van der Waals surface area contributed by atoms with Crippen LogP contribution in [0.4, 0.5) is 0 Å². The fourth-order valence-electron chi connectivity index (χ4n) is 1.47. The van der Waals surface area contributed by atoms with Crippen molar-refractivity contribution in [2.45, 2.75) is 0 Å². The van der Waals surface area contributed by atoms with Gasteiger partial charge in [0.2, 0.25) is 0 Å². The van der Waals surface area contributed by atoms with Crippen molar-refractivity contribution < 1.29 is 14.6 Å². The van der Waals surface area contributed by atoms with Crippen LogP contribution in [0.15, 0.2) is 36.8 Å². The van der Waals surface area contributed by atoms with Gasteiger partial charge in [0.1, 0.15) is 5.75 Å². The zero-order valence-corrected chi connectivity index (χ0v) is 8.62. The Balaban J connectivity index is 2.58. The van der Waals surface area contributed by atoms with Gasteiger partial charge in [0.15, 0.2) is 5.69 Å². The van der Waals surface area contributed by atoms with E-state index in [2.05, 4.69) is 4.98 Å². The summed E-state index contributed by atoms with van der Waals surface area (Å²) in [7, 11) is 1.54. The molecule has 0 aliphatic heterocycles. The van der Waals surface area contributed by atoms with E-state index in [-0.39, 0.29) is 5.69 Å². The maximum Gasteiger partial charge on any atom is 0.354 e. The first-order valence-corrected chi connectivity index (χ1v) is 4.63. The van der Waals surface area contributed by atoms with E-state index in [1.54, 1.807) is 12.1 Å². The molecule has 0 atom stereocenters. The second-order valence-corrected chi connectivity index (χ2v) is 3.13. The molecule has 82 valence electrons. The molecule has 1 aromatic heterocycles. The molecule has 0 amide bonds. The lowest BCUT2D eigenvalue weighted by atomic mass is 10.3. The van der Waals surface area contributed by atoms with E-state index in [1.165, 1.54) is 24.2 Å².